The van der Waals surface area contributed by atoms with Crippen molar-refractivity contribution >= 4 is 23.6 Å². The highest BCUT2D eigenvalue weighted by Crippen LogP contribution is 2.38. The maximum atomic E-state index is 13.9. The Kier molecular flexibility index (Phi) is 3.06. The highest BCUT2D eigenvalue weighted by atomic mass is 35.5. The molecule has 0 radical (unpaired) electrons. The molecule has 1 amide bonds. The van der Waals surface area contributed by atoms with E-state index in [1.165, 1.54) is 6.20 Å². The van der Waals surface area contributed by atoms with Crippen molar-refractivity contribution in [2.24, 2.45) is 5.73 Å². The van der Waals surface area contributed by atoms with Gasteiger partial charge in [0.05, 0.1) is 27.5 Å². The summed E-state index contributed by atoms with van der Waals surface area (Å²) in [6, 6.07) is 3.21. The number of carbonyl (C=O) groups is 1. The van der Waals surface area contributed by atoms with Crippen molar-refractivity contribution in [3.63, 3.8) is 0 Å². The number of fused-ring (bicyclic) bond motifs is 1. The Morgan fingerprint density at radius 2 is 2.30 bits per heavy atom. The van der Waals surface area contributed by atoms with Crippen LogP contribution in [0.25, 0.3) is 17.3 Å². The van der Waals surface area contributed by atoms with Crippen molar-refractivity contribution in [1.82, 2.24) is 9.55 Å². The van der Waals surface area contributed by atoms with Crippen molar-refractivity contribution in [3.05, 3.63) is 46.6 Å². The second-order valence-electron chi connectivity index (χ2n) is 4.47. The summed E-state index contributed by atoms with van der Waals surface area (Å²) in [6.45, 7) is 0.614. The standard InChI is InChI=1S/C14H11ClFN3O/c15-11-10(14(17)20)9-5-1-2-7-19(9)12(11)8-4-3-6-18-13(8)16/h1,3-6H,2,7H2,(H2,17,20). The Labute approximate surface area is 119 Å². The van der Waals surface area contributed by atoms with Crippen LogP contribution in [-0.2, 0) is 6.54 Å². The number of halogens is 2. The number of carbonyl (C=O) groups excluding carboxylic acids is 1. The summed E-state index contributed by atoms with van der Waals surface area (Å²) in [6.07, 6.45) is 5.86. The number of hydrogen-bond acceptors (Lipinski definition) is 2. The number of nitrogens with zero attached hydrogens (tertiary/aromatic N) is 2. The smallest absolute Gasteiger partial charge is 0.252 e. The van der Waals surface area contributed by atoms with Gasteiger partial charge >= 0.3 is 0 Å². The second-order valence-corrected chi connectivity index (χ2v) is 4.85. The van der Waals surface area contributed by atoms with E-state index in [-0.39, 0.29) is 16.1 Å². The van der Waals surface area contributed by atoms with Crippen LogP contribution in [0.2, 0.25) is 5.02 Å². The minimum Gasteiger partial charge on any atom is -0.365 e. The van der Waals surface area contributed by atoms with Crippen LogP contribution in [0.4, 0.5) is 4.39 Å². The van der Waals surface area contributed by atoms with Gasteiger partial charge in [-0.1, -0.05) is 17.7 Å². The summed E-state index contributed by atoms with van der Waals surface area (Å²) in [7, 11) is 0. The number of hydrogen-bond donors (Lipinski definition) is 1. The van der Waals surface area contributed by atoms with E-state index in [0.717, 1.165) is 6.42 Å². The fourth-order valence-corrected chi connectivity index (χ4v) is 2.86. The summed E-state index contributed by atoms with van der Waals surface area (Å²) in [4.78, 5) is 15.2. The molecular formula is C14H11ClFN3O. The zero-order valence-corrected chi connectivity index (χ0v) is 11.2. The molecule has 2 N–H and O–H groups in total. The van der Waals surface area contributed by atoms with Crippen molar-refractivity contribution in [2.75, 3.05) is 0 Å². The average molecular weight is 292 g/mol. The lowest BCUT2D eigenvalue weighted by Gasteiger charge is -2.14. The first-order chi connectivity index (χ1) is 9.61. The number of nitrogens with two attached hydrogens (primary N) is 1. The Balaban J connectivity index is 2.35. The maximum absolute atomic E-state index is 13.9. The predicted molar refractivity (Wildman–Crippen MR) is 74.8 cm³/mol. The van der Waals surface area contributed by atoms with E-state index in [1.54, 1.807) is 18.2 Å². The van der Waals surface area contributed by atoms with Gasteiger partial charge in [-0.2, -0.15) is 4.39 Å². The SMILES string of the molecule is NC(=O)c1c(Cl)c(-c2cccnc2F)n2c1C=CCC2. The van der Waals surface area contributed by atoms with Gasteiger partial charge in [0.15, 0.2) is 0 Å². The molecule has 0 fully saturated rings. The van der Waals surface area contributed by atoms with E-state index in [9.17, 15) is 9.18 Å². The zero-order valence-electron chi connectivity index (χ0n) is 10.4. The third-order valence-electron chi connectivity index (χ3n) is 3.30. The topological polar surface area (TPSA) is 60.9 Å². The Bertz CT molecular complexity index is 736. The van der Waals surface area contributed by atoms with Gasteiger partial charge < -0.3 is 10.3 Å². The van der Waals surface area contributed by atoms with Crippen molar-refractivity contribution < 1.29 is 9.18 Å². The Hall–Kier alpha value is -2.14. The molecule has 102 valence electrons. The van der Waals surface area contributed by atoms with E-state index in [4.69, 9.17) is 17.3 Å². The fourth-order valence-electron chi connectivity index (χ4n) is 2.47. The van der Waals surface area contributed by atoms with Crippen LogP contribution in [0.1, 0.15) is 22.5 Å². The van der Waals surface area contributed by atoms with E-state index >= 15 is 0 Å². The van der Waals surface area contributed by atoms with Gasteiger partial charge in [0.1, 0.15) is 0 Å². The van der Waals surface area contributed by atoms with Crippen LogP contribution in [-0.4, -0.2) is 15.5 Å². The van der Waals surface area contributed by atoms with Crippen LogP contribution in [0.15, 0.2) is 24.4 Å². The number of primary amides is 1. The number of allylic oxidation sites excluding steroid dienone is 1. The molecule has 2 aromatic heterocycles. The number of rotatable bonds is 2. The minimum atomic E-state index is -0.625. The molecule has 1 aliphatic rings. The third kappa shape index (κ3) is 1.82. The third-order valence-corrected chi connectivity index (χ3v) is 3.67. The van der Waals surface area contributed by atoms with Gasteiger partial charge in [-0.05, 0) is 24.6 Å². The van der Waals surface area contributed by atoms with Gasteiger partial charge in [0.25, 0.3) is 5.91 Å². The largest absolute Gasteiger partial charge is 0.365 e. The lowest BCUT2D eigenvalue weighted by atomic mass is 10.1. The molecular weight excluding hydrogens is 281 g/mol. The number of amides is 1. The quantitative estimate of drug-likeness (QED) is 0.865. The zero-order chi connectivity index (χ0) is 14.3. The molecule has 4 nitrogen and oxygen atoms in total. The first kappa shape index (κ1) is 12.9. The summed E-state index contributed by atoms with van der Waals surface area (Å²) in [5.74, 6) is -1.25. The van der Waals surface area contributed by atoms with E-state index in [0.29, 0.717) is 17.9 Å². The molecule has 6 heteroatoms. The number of aromatic nitrogens is 2. The molecule has 0 aliphatic carbocycles. The summed E-state index contributed by atoms with van der Waals surface area (Å²) < 4.78 is 15.7. The lowest BCUT2D eigenvalue weighted by Crippen LogP contribution is -2.14. The van der Waals surface area contributed by atoms with Gasteiger partial charge in [0.2, 0.25) is 5.95 Å². The van der Waals surface area contributed by atoms with Crippen LogP contribution in [0.5, 0.6) is 0 Å². The molecule has 3 rings (SSSR count). The van der Waals surface area contributed by atoms with Crippen LogP contribution < -0.4 is 5.73 Å². The highest BCUT2D eigenvalue weighted by molar-refractivity contribution is 6.37. The molecule has 2 aromatic rings. The molecule has 0 atom stereocenters. The van der Waals surface area contributed by atoms with E-state index in [2.05, 4.69) is 4.98 Å². The molecule has 3 heterocycles. The Morgan fingerprint density at radius 1 is 1.50 bits per heavy atom. The normalized spacial score (nSPS) is 13.3. The monoisotopic (exact) mass is 291 g/mol. The van der Waals surface area contributed by atoms with E-state index in [1.807, 2.05) is 10.6 Å². The first-order valence-electron chi connectivity index (χ1n) is 6.10. The van der Waals surface area contributed by atoms with Gasteiger partial charge in [-0.3, -0.25) is 4.79 Å². The predicted octanol–water partition coefficient (Wildman–Crippen LogP) is 2.86. The molecule has 0 saturated heterocycles. The van der Waals surface area contributed by atoms with Crippen LogP contribution in [0.3, 0.4) is 0 Å². The summed E-state index contributed by atoms with van der Waals surface area (Å²) >= 11 is 6.27. The van der Waals surface area contributed by atoms with Gasteiger partial charge in [0, 0.05) is 12.7 Å². The van der Waals surface area contributed by atoms with Gasteiger partial charge in [-0.25, -0.2) is 4.98 Å². The molecule has 1 aliphatic heterocycles. The summed E-state index contributed by atoms with van der Waals surface area (Å²) in [5, 5.41) is 0.172. The van der Waals surface area contributed by atoms with Crippen molar-refractivity contribution in [2.45, 2.75) is 13.0 Å². The number of pyridine rings is 1. The van der Waals surface area contributed by atoms with Crippen molar-refractivity contribution in [3.8, 4) is 11.3 Å². The molecule has 0 saturated carbocycles. The molecule has 0 bridgehead atoms. The van der Waals surface area contributed by atoms with Gasteiger partial charge in [-0.15, -0.1) is 0 Å². The molecule has 20 heavy (non-hydrogen) atoms. The fraction of sp³-hybridized carbons (Fsp3) is 0.143. The maximum Gasteiger partial charge on any atom is 0.252 e. The molecule has 0 spiro atoms. The van der Waals surface area contributed by atoms with Crippen molar-refractivity contribution in [1.29, 1.82) is 0 Å². The molecule has 0 aromatic carbocycles. The highest BCUT2D eigenvalue weighted by Gasteiger charge is 2.27. The van der Waals surface area contributed by atoms with E-state index < -0.39 is 11.9 Å². The van der Waals surface area contributed by atoms with Crippen LogP contribution >= 0.6 is 11.6 Å². The summed E-state index contributed by atoms with van der Waals surface area (Å²) in [5.41, 5.74) is 6.94. The first-order valence-corrected chi connectivity index (χ1v) is 6.48. The minimum absolute atomic E-state index is 0.172. The average Bonchev–Trinajstić information content (AvgIpc) is 2.71. The molecule has 0 unspecified atom stereocenters. The Morgan fingerprint density at radius 3 is 3.00 bits per heavy atom. The van der Waals surface area contributed by atoms with Crippen LogP contribution in [0, 0.1) is 5.95 Å². The second kappa shape index (κ2) is 4.76. The lowest BCUT2D eigenvalue weighted by molar-refractivity contribution is 0.1000.